The second kappa shape index (κ2) is 10.0. The molecule has 0 unspecified atom stereocenters. The molecule has 0 aliphatic rings. The molecule has 0 spiro atoms. The van der Waals surface area contributed by atoms with Crippen molar-refractivity contribution >= 4 is 0 Å². The minimum atomic E-state index is 0.912. The molecule has 0 aromatic carbocycles. The summed E-state index contributed by atoms with van der Waals surface area (Å²) in [5.41, 5.74) is 2.03. The minimum Gasteiger partial charge on any atom is -0.389 e. The van der Waals surface area contributed by atoms with Crippen LogP contribution in [0.25, 0.3) is 0 Å². The van der Waals surface area contributed by atoms with Crippen molar-refractivity contribution in [3.63, 3.8) is 0 Å². The van der Waals surface area contributed by atoms with Gasteiger partial charge in [0, 0.05) is 12.7 Å². The van der Waals surface area contributed by atoms with E-state index in [-0.39, 0.29) is 0 Å². The van der Waals surface area contributed by atoms with Crippen molar-refractivity contribution in [1.29, 1.82) is 0 Å². The maximum absolute atomic E-state index is 3.82. The lowest BCUT2D eigenvalue weighted by molar-refractivity contribution is 1.04. The molecule has 0 saturated heterocycles. The number of rotatable bonds is 4. The summed E-state index contributed by atoms with van der Waals surface area (Å²) in [6, 6.07) is 0. The van der Waals surface area contributed by atoms with E-state index < -0.39 is 0 Å². The van der Waals surface area contributed by atoms with Crippen LogP contribution in [0.5, 0.6) is 0 Å². The number of nitrogens with one attached hydrogen (secondary N) is 1. The minimum absolute atomic E-state index is 0.912. The Morgan fingerprint density at radius 1 is 1.25 bits per heavy atom. The van der Waals surface area contributed by atoms with Gasteiger partial charge in [0.25, 0.3) is 0 Å². The van der Waals surface area contributed by atoms with E-state index in [9.17, 15) is 0 Å². The summed E-state index contributed by atoms with van der Waals surface area (Å²) in [4.78, 5) is 0. The number of allylic oxidation sites excluding steroid dienone is 3. The monoisotopic (exact) mass is 167 g/mol. The van der Waals surface area contributed by atoms with E-state index in [2.05, 4.69) is 25.4 Å². The quantitative estimate of drug-likeness (QED) is 0.634. The summed E-state index contributed by atoms with van der Waals surface area (Å²) in [6.45, 7) is 13.6. The highest BCUT2D eigenvalue weighted by atomic mass is 14.8. The Kier molecular flexibility index (Phi) is 11.4. The predicted octanol–water partition coefficient (Wildman–Crippen LogP) is 3.27. The summed E-state index contributed by atoms with van der Waals surface area (Å²) in [6.07, 6.45) is 4.89. The van der Waals surface area contributed by atoms with Gasteiger partial charge >= 0.3 is 0 Å². The van der Waals surface area contributed by atoms with Gasteiger partial charge in [0.15, 0.2) is 0 Å². The van der Waals surface area contributed by atoms with Crippen LogP contribution in [-0.2, 0) is 0 Å². The molecule has 0 rings (SSSR count). The van der Waals surface area contributed by atoms with Crippen molar-refractivity contribution in [1.82, 2.24) is 5.32 Å². The fraction of sp³-hybridized carbons (Fsp3) is 0.455. The van der Waals surface area contributed by atoms with E-state index in [1.54, 1.807) is 0 Å². The predicted molar refractivity (Wildman–Crippen MR) is 58.1 cm³/mol. The zero-order chi connectivity index (χ0) is 9.98. The van der Waals surface area contributed by atoms with Crippen LogP contribution in [0.1, 0.15) is 27.2 Å². The second-order valence-corrected chi connectivity index (χ2v) is 2.12. The van der Waals surface area contributed by atoms with Crippen LogP contribution in [0.4, 0.5) is 0 Å². The van der Waals surface area contributed by atoms with Gasteiger partial charge < -0.3 is 5.32 Å². The van der Waals surface area contributed by atoms with Crippen molar-refractivity contribution in [3.05, 3.63) is 36.6 Å². The van der Waals surface area contributed by atoms with E-state index in [0.717, 1.165) is 17.7 Å². The third kappa shape index (κ3) is 9.02. The molecule has 12 heavy (non-hydrogen) atoms. The average molecular weight is 167 g/mol. The fourth-order valence-electron chi connectivity index (χ4n) is 0.420. The van der Waals surface area contributed by atoms with Crippen LogP contribution in [-0.4, -0.2) is 7.05 Å². The maximum atomic E-state index is 3.82. The summed E-state index contributed by atoms with van der Waals surface area (Å²) in [5, 5.41) is 2.92. The fourth-order valence-corrected chi connectivity index (χ4v) is 0.420. The molecule has 0 saturated carbocycles. The molecule has 0 radical (unpaired) electrons. The Balaban J connectivity index is 0. The lowest BCUT2D eigenvalue weighted by atomic mass is 10.2. The van der Waals surface area contributed by atoms with Gasteiger partial charge in [0.1, 0.15) is 0 Å². The maximum Gasteiger partial charge on any atom is 0.0264 e. The van der Waals surface area contributed by atoms with Crippen LogP contribution in [0.15, 0.2) is 36.6 Å². The van der Waals surface area contributed by atoms with Crippen molar-refractivity contribution in [2.24, 2.45) is 0 Å². The van der Waals surface area contributed by atoms with Gasteiger partial charge in [0.2, 0.25) is 0 Å². The SMILES string of the molecule is C=C(/C=C\C(=C)NC)CC.CC. The molecule has 0 bridgehead atoms. The Morgan fingerprint density at radius 2 is 1.75 bits per heavy atom. The van der Waals surface area contributed by atoms with E-state index in [1.165, 1.54) is 0 Å². The van der Waals surface area contributed by atoms with Gasteiger partial charge in [0.05, 0.1) is 0 Å². The van der Waals surface area contributed by atoms with Crippen LogP contribution in [0.3, 0.4) is 0 Å². The van der Waals surface area contributed by atoms with Crippen LogP contribution in [0.2, 0.25) is 0 Å². The lowest BCUT2D eigenvalue weighted by Gasteiger charge is -1.96. The molecule has 1 heteroatoms. The molecule has 0 aliphatic carbocycles. The molecule has 0 atom stereocenters. The molecular weight excluding hydrogens is 146 g/mol. The second-order valence-electron chi connectivity index (χ2n) is 2.12. The normalized spacial score (nSPS) is 8.67. The van der Waals surface area contributed by atoms with E-state index >= 15 is 0 Å². The topological polar surface area (TPSA) is 12.0 Å². The van der Waals surface area contributed by atoms with Crippen LogP contribution in [0, 0.1) is 0 Å². The molecular formula is C11H21N. The van der Waals surface area contributed by atoms with E-state index in [0.29, 0.717) is 0 Å². The first-order valence-corrected chi connectivity index (χ1v) is 4.43. The zero-order valence-corrected chi connectivity index (χ0v) is 8.78. The molecule has 0 heterocycles. The highest BCUT2D eigenvalue weighted by Gasteiger charge is 1.81. The van der Waals surface area contributed by atoms with Crippen molar-refractivity contribution < 1.29 is 0 Å². The number of hydrogen-bond acceptors (Lipinski definition) is 1. The molecule has 0 fully saturated rings. The van der Waals surface area contributed by atoms with E-state index in [4.69, 9.17) is 0 Å². The third-order valence-electron chi connectivity index (χ3n) is 1.30. The summed E-state index contributed by atoms with van der Waals surface area (Å²) < 4.78 is 0. The third-order valence-corrected chi connectivity index (χ3v) is 1.30. The molecule has 0 aromatic heterocycles. The summed E-state index contributed by atoms with van der Waals surface area (Å²) in [7, 11) is 1.85. The van der Waals surface area contributed by atoms with Crippen molar-refractivity contribution in [2.45, 2.75) is 27.2 Å². The number of likely N-dealkylation sites (N-methyl/N-ethyl adjacent to an activating group) is 1. The Bertz CT molecular complexity index is 136. The van der Waals surface area contributed by atoms with Gasteiger partial charge in [-0.3, -0.25) is 0 Å². The first kappa shape index (κ1) is 13.6. The Morgan fingerprint density at radius 3 is 2.08 bits per heavy atom. The molecule has 1 N–H and O–H groups in total. The molecule has 0 aromatic rings. The molecule has 1 nitrogen and oxygen atoms in total. The van der Waals surface area contributed by atoms with Gasteiger partial charge in [-0.15, -0.1) is 0 Å². The zero-order valence-electron chi connectivity index (χ0n) is 8.78. The van der Waals surface area contributed by atoms with Gasteiger partial charge in [-0.05, 0) is 12.5 Å². The number of hydrogen-bond donors (Lipinski definition) is 1. The van der Waals surface area contributed by atoms with Gasteiger partial charge in [-0.1, -0.05) is 45.6 Å². The van der Waals surface area contributed by atoms with Gasteiger partial charge in [-0.25, -0.2) is 0 Å². The first-order chi connectivity index (χ1) is 5.70. The van der Waals surface area contributed by atoms with Crippen molar-refractivity contribution in [3.8, 4) is 0 Å². The summed E-state index contributed by atoms with van der Waals surface area (Å²) >= 11 is 0. The Labute approximate surface area is 76.9 Å². The van der Waals surface area contributed by atoms with Crippen molar-refractivity contribution in [2.75, 3.05) is 7.05 Å². The molecule has 0 amide bonds. The van der Waals surface area contributed by atoms with Crippen LogP contribution < -0.4 is 5.32 Å². The smallest absolute Gasteiger partial charge is 0.0264 e. The average Bonchev–Trinajstić information content (AvgIpc) is 2.16. The highest BCUT2D eigenvalue weighted by Crippen LogP contribution is 1.99. The largest absolute Gasteiger partial charge is 0.389 e. The Hall–Kier alpha value is -0.980. The highest BCUT2D eigenvalue weighted by molar-refractivity contribution is 5.22. The lowest BCUT2D eigenvalue weighted by Crippen LogP contribution is -2.00. The standard InChI is InChI=1S/C9H15N.C2H6/c1-5-8(2)6-7-9(3)10-4;1-2/h6-7,10H,2-3,5H2,1,4H3;1-2H3/b7-6-;. The first-order valence-electron chi connectivity index (χ1n) is 4.43. The summed E-state index contributed by atoms with van der Waals surface area (Å²) in [5.74, 6) is 0. The molecule has 70 valence electrons. The van der Waals surface area contributed by atoms with E-state index in [1.807, 2.05) is 33.0 Å². The molecule has 0 aliphatic heterocycles. The van der Waals surface area contributed by atoms with Crippen LogP contribution >= 0.6 is 0 Å². The van der Waals surface area contributed by atoms with Gasteiger partial charge in [-0.2, -0.15) is 0 Å².